The Morgan fingerprint density at radius 3 is 2.69 bits per heavy atom. The summed E-state index contributed by atoms with van der Waals surface area (Å²) in [6.07, 6.45) is 3.53. The second-order valence-corrected chi connectivity index (χ2v) is 5.70. The molecule has 0 aromatic heterocycles. The van der Waals surface area contributed by atoms with Gasteiger partial charge in [0, 0.05) is 22.1 Å². The molecule has 0 spiro atoms. The average molecular weight is 284 g/mol. The number of aliphatic hydroxyl groups is 1. The van der Waals surface area contributed by atoms with Crippen LogP contribution in [-0.2, 0) is 0 Å². The zero-order chi connectivity index (χ0) is 11.6. The summed E-state index contributed by atoms with van der Waals surface area (Å²) < 4.78 is 1.10. The highest BCUT2D eigenvalue weighted by Crippen LogP contribution is 2.40. The summed E-state index contributed by atoms with van der Waals surface area (Å²) in [6, 6.07) is 6.29. The molecule has 3 heteroatoms. The molecule has 0 unspecified atom stereocenters. The van der Waals surface area contributed by atoms with Crippen molar-refractivity contribution in [3.63, 3.8) is 0 Å². The van der Waals surface area contributed by atoms with Crippen LogP contribution in [0.4, 0.5) is 5.69 Å². The van der Waals surface area contributed by atoms with Gasteiger partial charge in [-0.15, -0.1) is 0 Å². The number of rotatable bonds is 4. The van der Waals surface area contributed by atoms with Crippen molar-refractivity contribution in [2.45, 2.75) is 26.2 Å². The lowest BCUT2D eigenvalue weighted by Gasteiger charge is -2.40. The van der Waals surface area contributed by atoms with Crippen molar-refractivity contribution < 1.29 is 5.11 Å². The van der Waals surface area contributed by atoms with Crippen molar-refractivity contribution in [1.29, 1.82) is 0 Å². The molecule has 0 heterocycles. The number of nitrogens with one attached hydrogen (secondary N) is 1. The number of hydrogen-bond donors (Lipinski definition) is 2. The monoisotopic (exact) mass is 283 g/mol. The smallest absolute Gasteiger partial charge is 0.0504 e. The topological polar surface area (TPSA) is 32.3 Å². The van der Waals surface area contributed by atoms with Gasteiger partial charge in [-0.3, -0.25) is 0 Å². The molecule has 2 N–H and O–H groups in total. The predicted octanol–water partition coefficient (Wildman–Crippen LogP) is 3.33. The SMILES string of the molecule is Cc1ccc(NCC2(CO)CCC2)c(Br)c1. The fourth-order valence-corrected chi connectivity index (χ4v) is 2.75. The second-order valence-electron chi connectivity index (χ2n) is 4.85. The van der Waals surface area contributed by atoms with Gasteiger partial charge in [0.15, 0.2) is 0 Å². The van der Waals surface area contributed by atoms with Gasteiger partial charge in [0.25, 0.3) is 0 Å². The van der Waals surface area contributed by atoms with E-state index in [2.05, 4.69) is 46.4 Å². The number of hydrogen-bond acceptors (Lipinski definition) is 2. The van der Waals surface area contributed by atoms with Gasteiger partial charge in [-0.25, -0.2) is 0 Å². The summed E-state index contributed by atoms with van der Waals surface area (Å²) in [5.74, 6) is 0. The van der Waals surface area contributed by atoms with Crippen molar-refractivity contribution in [2.75, 3.05) is 18.5 Å². The van der Waals surface area contributed by atoms with Gasteiger partial charge in [-0.05, 0) is 53.4 Å². The zero-order valence-corrected chi connectivity index (χ0v) is 11.2. The largest absolute Gasteiger partial charge is 0.396 e. The molecule has 16 heavy (non-hydrogen) atoms. The van der Waals surface area contributed by atoms with Gasteiger partial charge in [0.2, 0.25) is 0 Å². The van der Waals surface area contributed by atoms with Crippen LogP contribution in [0.2, 0.25) is 0 Å². The van der Waals surface area contributed by atoms with Gasteiger partial charge in [-0.2, -0.15) is 0 Å². The first kappa shape index (κ1) is 11.9. The zero-order valence-electron chi connectivity index (χ0n) is 9.59. The number of halogens is 1. The number of benzene rings is 1. The summed E-state index contributed by atoms with van der Waals surface area (Å²) >= 11 is 3.55. The molecule has 0 aliphatic heterocycles. The Kier molecular flexibility index (Phi) is 3.55. The molecule has 88 valence electrons. The number of aryl methyl sites for hydroxylation is 1. The Hall–Kier alpha value is -0.540. The van der Waals surface area contributed by atoms with E-state index in [-0.39, 0.29) is 5.41 Å². The van der Waals surface area contributed by atoms with Gasteiger partial charge >= 0.3 is 0 Å². The Morgan fingerprint density at radius 1 is 1.44 bits per heavy atom. The standard InChI is InChI=1S/C13H18BrNO/c1-10-3-4-12(11(14)7-10)15-8-13(9-16)5-2-6-13/h3-4,7,15-16H,2,5-6,8-9H2,1H3. The maximum atomic E-state index is 9.38. The van der Waals surface area contributed by atoms with Crippen LogP contribution in [0.25, 0.3) is 0 Å². The van der Waals surface area contributed by atoms with Crippen LogP contribution in [0.5, 0.6) is 0 Å². The van der Waals surface area contributed by atoms with Gasteiger partial charge in [0.05, 0.1) is 6.61 Å². The summed E-state index contributed by atoms with van der Waals surface area (Å²) in [5.41, 5.74) is 2.49. The van der Waals surface area contributed by atoms with Crippen molar-refractivity contribution >= 4 is 21.6 Å². The normalized spacial score (nSPS) is 17.9. The molecule has 0 radical (unpaired) electrons. The molecule has 0 atom stereocenters. The first-order valence-corrected chi connectivity index (χ1v) is 6.55. The van der Waals surface area contributed by atoms with Crippen molar-refractivity contribution in [2.24, 2.45) is 5.41 Å². The van der Waals surface area contributed by atoms with Crippen LogP contribution in [0, 0.1) is 12.3 Å². The molecule has 0 amide bonds. The lowest BCUT2D eigenvalue weighted by Crippen LogP contribution is -2.39. The second kappa shape index (κ2) is 4.76. The lowest BCUT2D eigenvalue weighted by molar-refractivity contribution is 0.0576. The van der Waals surface area contributed by atoms with Crippen LogP contribution < -0.4 is 5.32 Å². The third kappa shape index (κ3) is 2.41. The molecule has 1 saturated carbocycles. The minimum Gasteiger partial charge on any atom is -0.396 e. The molecular weight excluding hydrogens is 266 g/mol. The molecule has 1 aromatic carbocycles. The van der Waals surface area contributed by atoms with Crippen molar-refractivity contribution in [3.8, 4) is 0 Å². The van der Waals surface area contributed by atoms with Crippen molar-refractivity contribution in [1.82, 2.24) is 0 Å². The summed E-state index contributed by atoms with van der Waals surface area (Å²) in [6.45, 7) is 3.24. The molecule has 2 nitrogen and oxygen atoms in total. The summed E-state index contributed by atoms with van der Waals surface area (Å²) in [4.78, 5) is 0. The predicted molar refractivity (Wildman–Crippen MR) is 70.7 cm³/mol. The molecule has 1 aliphatic carbocycles. The van der Waals surface area contributed by atoms with Crippen LogP contribution in [-0.4, -0.2) is 18.3 Å². The minimum atomic E-state index is 0.129. The Bertz CT molecular complexity index is 369. The first-order chi connectivity index (χ1) is 7.65. The van der Waals surface area contributed by atoms with E-state index in [0.717, 1.165) is 29.5 Å². The molecule has 1 aliphatic rings. The van der Waals surface area contributed by atoms with Crippen LogP contribution in [0.15, 0.2) is 22.7 Å². The Labute approximate surface area is 105 Å². The van der Waals surface area contributed by atoms with Gasteiger partial charge < -0.3 is 10.4 Å². The molecule has 0 saturated heterocycles. The quantitative estimate of drug-likeness (QED) is 0.889. The maximum Gasteiger partial charge on any atom is 0.0504 e. The number of anilines is 1. The highest BCUT2D eigenvalue weighted by molar-refractivity contribution is 9.10. The van der Waals surface area contributed by atoms with Crippen molar-refractivity contribution in [3.05, 3.63) is 28.2 Å². The van der Waals surface area contributed by atoms with Gasteiger partial charge in [0.1, 0.15) is 0 Å². The van der Waals surface area contributed by atoms with E-state index in [4.69, 9.17) is 0 Å². The van der Waals surface area contributed by atoms with Gasteiger partial charge in [-0.1, -0.05) is 12.5 Å². The van der Waals surface area contributed by atoms with E-state index >= 15 is 0 Å². The summed E-state index contributed by atoms with van der Waals surface area (Å²) in [7, 11) is 0. The molecule has 0 bridgehead atoms. The molecule has 1 fully saturated rings. The first-order valence-electron chi connectivity index (χ1n) is 5.76. The molecule has 2 rings (SSSR count). The Balaban J connectivity index is 1.99. The molecular formula is C13H18BrNO. The van der Waals surface area contributed by atoms with E-state index < -0.39 is 0 Å². The van der Waals surface area contributed by atoms with E-state index in [1.54, 1.807) is 0 Å². The fourth-order valence-electron chi connectivity index (χ4n) is 2.11. The number of aliphatic hydroxyl groups excluding tert-OH is 1. The highest BCUT2D eigenvalue weighted by Gasteiger charge is 2.36. The third-order valence-electron chi connectivity index (χ3n) is 3.53. The summed E-state index contributed by atoms with van der Waals surface area (Å²) in [5, 5.41) is 12.8. The highest BCUT2D eigenvalue weighted by atomic mass is 79.9. The van der Waals surface area contributed by atoms with E-state index in [1.165, 1.54) is 12.0 Å². The van der Waals surface area contributed by atoms with E-state index in [0.29, 0.717) is 6.61 Å². The maximum absolute atomic E-state index is 9.38. The van der Waals surface area contributed by atoms with E-state index in [9.17, 15) is 5.11 Å². The third-order valence-corrected chi connectivity index (χ3v) is 4.18. The fraction of sp³-hybridized carbons (Fsp3) is 0.538. The van der Waals surface area contributed by atoms with Crippen LogP contribution >= 0.6 is 15.9 Å². The average Bonchev–Trinajstić information content (AvgIpc) is 2.19. The lowest BCUT2D eigenvalue weighted by atomic mass is 9.69. The Morgan fingerprint density at radius 2 is 2.19 bits per heavy atom. The van der Waals surface area contributed by atoms with Crippen LogP contribution in [0.1, 0.15) is 24.8 Å². The molecule has 1 aromatic rings. The minimum absolute atomic E-state index is 0.129. The van der Waals surface area contributed by atoms with E-state index in [1.807, 2.05) is 0 Å². The van der Waals surface area contributed by atoms with Crippen LogP contribution in [0.3, 0.4) is 0 Å².